The maximum atomic E-state index is 13.5. The Morgan fingerprint density at radius 3 is 2.62 bits per heavy atom. The molecular formula is C25H27N3O. The molecule has 148 valence electrons. The SMILES string of the molecule is CCCCC1=NC2(CCCC2C)C(=O)N1c1ccc(-c2ccccc2C#N)cc1. The molecule has 2 aromatic carbocycles. The van der Waals surface area contributed by atoms with Crippen molar-refractivity contribution in [3.8, 4) is 17.2 Å². The molecule has 1 heterocycles. The molecule has 4 heteroatoms. The largest absolute Gasteiger partial charge is 0.271 e. The van der Waals surface area contributed by atoms with Crippen LogP contribution in [0.5, 0.6) is 0 Å². The molecular weight excluding hydrogens is 358 g/mol. The fraction of sp³-hybridized carbons (Fsp3) is 0.400. The van der Waals surface area contributed by atoms with Crippen molar-refractivity contribution in [1.82, 2.24) is 0 Å². The molecule has 4 rings (SSSR count). The van der Waals surface area contributed by atoms with Crippen LogP contribution >= 0.6 is 0 Å². The Bertz CT molecular complexity index is 986. The van der Waals surface area contributed by atoms with E-state index in [2.05, 4.69) is 19.9 Å². The van der Waals surface area contributed by atoms with Crippen LogP contribution < -0.4 is 4.90 Å². The van der Waals surface area contributed by atoms with E-state index in [-0.39, 0.29) is 5.91 Å². The number of amides is 1. The van der Waals surface area contributed by atoms with E-state index in [1.807, 2.05) is 53.4 Å². The van der Waals surface area contributed by atoms with Gasteiger partial charge in [-0.1, -0.05) is 57.0 Å². The second-order valence-corrected chi connectivity index (χ2v) is 8.19. The minimum atomic E-state index is -0.560. The monoisotopic (exact) mass is 385 g/mol. The van der Waals surface area contributed by atoms with Crippen LogP contribution in [0.1, 0.15) is 57.9 Å². The van der Waals surface area contributed by atoms with Crippen molar-refractivity contribution >= 4 is 17.4 Å². The van der Waals surface area contributed by atoms with Crippen molar-refractivity contribution in [1.29, 1.82) is 5.26 Å². The summed E-state index contributed by atoms with van der Waals surface area (Å²) in [6, 6.07) is 17.8. The molecule has 1 aliphatic carbocycles. The van der Waals surface area contributed by atoms with Crippen LogP contribution in [0, 0.1) is 17.2 Å². The van der Waals surface area contributed by atoms with E-state index in [9.17, 15) is 10.1 Å². The van der Waals surface area contributed by atoms with E-state index in [4.69, 9.17) is 4.99 Å². The number of carbonyl (C=O) groups excluding carboxylic acids is 1. The Morgan fingerprint density at radius 2 is 1.97 bits per heavy atom. The van der Waals surface area contributed by atoms with E-state index < -0.39 is 5.54 Å². The molecule has 0 aromatic heterocycles. The van der Waals surface area contributed by atoms with Crippen molar-refractivity contribution in [2.75, 3.05) is 4.90 Å². The quantitative estimate of drug-likeness (QED) is 0.661. The first-order valence-corrected chi connectivity index (χ1v) is 10.6. The summed E-state index contributed by atoms with van der Waals surface area (Å²) in [5, 5.41) is 9.38. The van der Waals surface area contributed by atoms with Crippen LogP contribution in [0.25, 0.3) is 11.1 Å². The topological polar surface area (TPSA) is 56.5 Å². The predicted molar refractivity (Wildman–Crippen MR) is 117 cm³/mol. The van der Waals surface area contributed by atoms with Gasteiger partial charge < -0.3 is 0 Å². The van der Waals surface area contributed by atoms with Gasteiger partial charge in [0.05, 0.1) is 17.3 Å². The van der Waals surface area contributed by atoms with Gasteiger partial charge in [-0.05, 0) is 54.5 Å². The summed E-state index contributed by atoms with van der Waals surface area (Å²) in [5.74, 6) is 1.34. The number of carbonyl (C=O) groups is 1. The van der Waals surface area contributed by atoms with Gasteiger partial charge >= 0.3 is 0 Å². The summed E-state index contributed by atoms with van der Waals surface area (Å²) >= 11 is 0. The van der Waals surface area contributed by atoms with E-state index >= 15 is 0 Å². The van der Waals surface area contributed by atoms with Crippen molar-refractivity contribution < 1.29 is 4.79 Å². The summed E-state index contributed by atoms with van der Waals surface area (Å²) in [7, 11) is 0. The van der Waals surface area contributed by atoms with E-state index in [0.29, 0.717) is 11.5 Å². The number of amidine groups is 1. The average molecular weight is 386 g/mol. The van der Waals surface area contributed by atoms with E-state index in [1.54, 1.807) is 0 Å². The molecule has 0 saturated heterocycles. The number of nitrogens with zero attached hydrogens (tertiary/aromatic N) is 3. The summed E-state index contributed by atoms with van der Waals surface area (Å²) in [6.45, 7) is 4.33. The lowest BCUT2D eigenvalue weighted by molar-refractivity contribution is -0.122. The molecule has 1 fully saturated rings. The average Bonchev–Trinajstić information content (AvgIpc) is 3.26. The fourth-order valence-corrected chi connectivity index (χ4v) is 4.68. The van der Waals surface area contributed by atoms with Crippen LogP contribution in [0.15, 0.2) is 53.5 Å². The molecule has 1 amide bonds. The Kier molecular flexibility index (Phi) is 5.24. The first-order valence-electron chi connectivity index (χ1n) is 10.6. The van der Waals surface area contributed by atoms with Gasteiger partial charge in [0.1, 0.15) is 11.4 Å². The molecule has 4 nitrogen and oxygen atoms in total. The van der Waals surface area contributed by atoms with E-state index in [0.717, 1.165) is 61.2 Å². The molecule has 0 N–H and O–H groups in total. The summed E-state index contributed by atoms with van der Waals surface area (Å²) in [5.41, 5.74) is 2.86. The van der Waals surface area contributed by atoms with Crippen molar-refractivity contribution in [3.63, 3.8) is 0 Å². The third-order valence-corrected chi connectivity index (χ3v) is 6.41. The van der Waals surface area contributed by atoms with Crippen LogP contribution in [-0.4, -0.2) is 17.3 Å². The molecule has 1 spiro atoms. The number of unbranched alkanes of at least 4 members (excludes halogenated alkanes) is 1. The normalized spacial score (nSPS) is 23.5. The minimum absolute atomic E-state index is 0.138. The second-order valence-electron chi connectivity index (χ2n) is 8.19. The lowest BCUT2D eigenvalue weighted by Gasteiger charge is -2.26. The highest BCUT2D eigenvalue weighted by Crippen LogP contribution is 2.45. The predicted octanol–water partition coefficient (Wildman–Crippen LogP) is 5.72. The molecule has 2 unspecified atom stereocenters. The highest BCUT2D eigenvalue weighted by molar-refractivity contribution is 6.24. The molecule has 0 radical (unpaired) electrons. The first kappa shape index (κ1) is 19.4. The van der Waals surface area contributed by atoms with Crippen molar-refractivity contribution in [3.05, 3.63) is 54.1 Å². The molecule has 0 bridgehead atoms. The van der Waals surface area contributed by atoms with Crippen LogP contribution in [0.3, 0.4) is 0 Å². The Balaban J connectivity index is 1.69. The maximum Gasteiger partial charge on any atom is 0.260 e. The number of benzene rings is 2. The number of anilines is 1. The lowest BCUT2D eigenvalue weighted by Crippen LogP contribution is -2.44. The van der Waals surface area contributed by atoms with Crippen molar-refractivity contribution in [2.45, 2.75) is 57.9 Å². The third-order valence-electron chi connectivity index (χ3n) is 6.41. The Hall–Kier alpha value is -2.93. The number of hydrogen-bond donors (Lipinski definition) is 0. The van der Waals surface area contributed by atoms with E-state index in [1.165, 1.54) is 0 Å². The molecule has 2 atom stereocenters. The zero-order valence-electron chi connectivity index (χ0n) is 17.2. The first-order chi connectivity index (χ1) is 14.1. The van der Waals surface area contributed by atoms with Gasteiger partial charge in [-0.25, -0.2) is 0 Å². The number of aliphatic imine (C=N–C) groups is 1. The second kappa shape index (κ2) is 7.83. The standard InChI is InChI=1S/C25H27N3O/c1-3-4-11-23-27-25(16-7-8-18(25)2)24(29)28(23)21-14-12-19(13-15-21)22-10-6-5-9-20(22)17-26/h5-6,9-10,12-15,18H,3-4,7-8,11,16H2,1-2H3. The summed E-state index contributed by atoms with van der Waals surface area (Å²) < 4.78 is 0. The van der Waals surface area contributed by atoms with Crippen LogP contribution in [0.2, 0.25) is 0 Å². The highest BCUT2D eigenvalue weighted by Gasteiger charge is 2.53. The zero-order valence-corrected chi connectivity index (χ0v) is 17.2. The smallest absolute Gasteiger partial charge is 0.260 e. The van der Waals surface area contributed by atoms with Gasteiger partial charge in [0.15, 0.2) is 0 Å². The Morgan fingerprint density at radius 1 is 1.21 bits per heavy atom. The molecule has 1 saturated carbocycles. The van der Waals surface area contributed by atoms with Gasteiger partial charge in [0.2, 0.25) is 0 Å². The fourth-order valence-electron chi connectivity index (χ4n) is 4.68. The number of hydrogen-bond acceptors (Lipinski definition) is 3. The Labute approximate surface area is 172 Å². The molecule has 29 heavy (non-hydrogen) atoms. The summed E-state index contributed by atoms with van der Waals surface area (Å²) in [6.07, 6.45) is 5.92. The third kappa shape index (κ3) is 3.25. The lowest BCUT2D eigenvalue weighted by atomic mass is 9.88. The van der Waals surface area contributed by atoms with Gasteiger partial charge in [0.25, 0.3) is 5.91 Å². The van der Waals surface area contributed by atoms with Gasteiger partial charge in [-0.2, -0.15) is 5.26 Å². The molecule has 2 aromatic rings. The van der Waals surface area contributed by atoms with Gasteiger partial charge in [-0.15, -0.1) is 0 Å². The van der Waals surface area contributed by atoms with Crippen molar-refractivity contribution in [2.24, 2.45) is 10.9 Å². The van der Waals surface area contributed by atoms with Gasteiger partial charge in [-0.3, -0.25) is 14.7 Å². The van der Waals surface area contributed by atoms with Crippen LogP contribution in [0.4, 0.5) is 5.69 Å². The molecule has 1 aliphatic heterocycles. The maximum absolute atomic E-state index is 13.5. The van der Waals surface area contributed by atoms with Gasteiger partial charge in [0, 0.05) is 6.42 Å². The number of nitriles is 1. The number of rotatable bonds is 5. The minimum Gasteiger partial charge on any atom is -0.271 e. The van der Waals surface area contributed by atoms with Crippen LogP contribution in [-0.2, 0) is 4.79 Å². The summed E-state index contributed by atoms with van der Waals surface area (Å²) in [4.78, 5) is 20.4. The highest BCUT2D eigenvalue weighted by atomic mass is 16.2. The molecule has 2 aliphatic rings. The zero-order chi connectivity index (χ0) is 20.4.